The first kappa shape index (κ1) is 18.7. The van der Waals surface area contributed by atoms with E-state index in [-0.39, 0.29) is 17.7 Å². The maximum atomic E-state index is 14.7. The van der Waals surface area contributed by atoms with Gasteiger partial charge in [0.1, 0.15) is 17.5 Å². The highest BCUT2D eigenvalue weighted by Gasteiger charge is 2.15. The molecule has 0 unspecified atom stereocenters. The van der Waals surface area contributed by atoms with Crippen molar-refractivity contribution in [3.63, 3.8) is 0 Å². The Labute approximate surface area is 165 Å². The predicted molar refractivity (Wildman–Crippen MR) is 109 cm³/mol. The minimum absolute atomic E-state index is 0.189. The Morgan fingerprint density at radius 3 is 2.34 bits per heavy atom. The van der Waals surface area contributed by atoms with E-state index >= 15 is 0 Å². The third kappa shape index (κ3) is 3.59. The highest BCUT2D eigenvalue weighted by atomic mass is 19.1. The first-order valence-corrected chi connectivity index (χ1v) is 9.00. The molecule has 0 aliphatic rings. The fourth-order valence-corrected chi connectivity index (χ4v) is 3.13. The van der Waals surface area contributed by atoms with Crippen molar-refractivity contribution >= 4 is 16.7 Å². The van der Waals surface area contributed by atoms with E-state index in [0.29, 0.717) is 22.0 Å². The number of anilines is 1. The first-order chi connectivity index (χ1) is 13.9. The first-order valence-electron chi connectivity index (χ1n) is 9.00. The van der Waals surface area contributed by atoms with E-state index in [1.807, 2.05) is 19.0 Å². The summed E-state index contributed by atoms with van der Waals surface area (Å²) >= 11 is 0. The summed E-state index contributed by atoms with van der Waals surface area (Å²) < 4.78 is 30.7. The number of fused-ring (bicyclic) bond motifs is 1. The second-order valence-corrected chi connectivity index (χ2v) is 6.91. The van der Waals surface area contributed by atoms with Gasteiger partial charge in [0.05, 0.1) is 23.8 Å². The smallest absolute Gasteiger partial charge is 0.261 e. The number of pyridine rings is 1. The Bertz CT molecular complexity index is 1230. The van der Waals surface area contributed by atoms with Crippen LogP contribution in [-0.4, -0.2) is 28.6 Å². The molecule has 0 spiro atoms. The van der Waals surface area contributed by atoms with Gasteiger partial charge in [-0.15, -0.1) is 0 Å². The van der Waals surface area contributed by atoms with Gasteiger partial charge in [-0.1, -0.05) is 12.1 Å². The molecule has 4 aromatic rings. The average Bonchev–Trinajstić information content (AvgIpc) is 2.72. The Hall–Kier alpha value is -3.61. The van der Waals surface area contributed by atoms with Gasteiger partial charge in [0.25, 0.3) is 5.56 Å². The van der Waals surface area contributed by atoms with Crippen LogP contribution in [0.15, 0.2) is 65.8 Å². The fraction of sp³-hybridized carbons (Fsp3) is 0.136. The third-order valence-corrected chi connectivity index (χ3v) is 4.74. The van der Waals surface area contributed by atoms with E-state index in [0.717, 1.165) is 5.82 Å². The molecule has 29 heavy (non-hydrogen) atoms. The van der Waals surface area contributed by atoms with Crippen LogP contribution in [0.5, 0.6) is 0 Å². The molecule has 2 aromatic heterocycles. The molecule has 0 aliphatic carbocycles. The van der Waals surface area contributed by atoms with E-state index in [9.17, 15) is 13.6 Å². The van der Waals surface area contributed by atoms with Gasteiger partial charge in [0.2, 0.25) is 0 Å². The number of nitrogens with zero attached hydrogens (tertiary/aromatic N) is 4. The Kier molecular flexibility index (Phi) is 4.80. The molecule has 7 heteroatoms. The number of halogens is 2. The molecular weight excluding hydrogens is 374 g/mol. The standard InChI is InChI=1S/C22H18F2N4O/c1-27(2)21-8-7-14(11-25-21)15-9-18(23)17(19(24)10-15)12-28-13-26-20-6-4-3-5-16(20)22(28)29/h3-11,13H,12H2,1-2H3. The second kappa shape index (κ2) is 7.43. The van der Waals surface area contributed by atoms with Crippen molar-refractivity contribution in [3.05, 3.63) is 88.6 Å². The van der Waals surface area contributed by atoms with Crippen molar-refractivity contribution in [2.24, 2.45) is 0 Å². The number of para-hydroxylation sites is 1. The van der Waals surface area contributed by atoms with Crippen LogP contribution >= 0.6 is 0 Å². The summed E-state index contributed by atoms with van der Waals surface area (Å²) in [5, 5.41) is 0.402. The van der Waals surface area contributed by atoms with Gasteiger partial charge >= 0.3 is 0 Å². The summed E-state index contributed by atoms with van der Waals surface area (Å²) in [7, 11) is 3.72. The largest absolute Gasteiger partial charge is 0.363 e. The Morgan fingerprint density at radius 1 is 0.966 bits per heavy atom. The summed E-state index contributed by atoms with van der Waals surface area (Å²) in [6.45, 7) is -0.244. The van der Waals surface area contributed by atoms with E-state index in [1.165, 1.54) is 23.0 Å². The minimum Gasteiger partial charge on any atom is -0.363 e. The number of aromatic nitrogens is 3. The molecule has 0 saturated carbocycles. The molecule has 0 bridgehead atoms. The van der Waals surface area contributed by atoms with Crippen molar-refractivity contribution < 1.29 is 8.78 Å². The van der Waals surface area contributed by atoms with Crippen molar-refractivity contribution in [1.82, 2.24) is 14.5 Å². The van der Waals surface area contributed by atoms with E-state index in [1.54, 1.807) is 42.6 Å². The lowest BCUT2D eigenvalue weighted by Gasteiger charge is -2.13. The van der Waals surface area contributed by atoms with Gasteiger partial charge in [-0.25, -0.2) is 18.7 Å². The van der Waals surface area contributed by atoms with Gasteiger partial charge < -0.3 is 4.90 Å². The summed E-state index contributed by atoms with van der Waals surface area (Å²) in [5.74, 6) is -0.706. The van der Waals surface area contributed by atoms with Gasteiger partial charge in [-0.05, 0) is 42.0 Å². The number of hydrogen-bond acceptors (Lipinski definition) is 4. The summed E-state index contributed by atoms with van der Waals surface area (Å²) in [4.78, 5) is 22.9. The lowest BCUT2D eigenvalue weighted by atomic mass is 10.0. The zero-order chi connectivity index (χ0) is 20.5. The van der Waals surface area contributed by atoms with Crippen LogP contribution < -0.4 is 10.5 Å². The molecule has 0 atom stereocenters. The third-order valence-electron chi connectivity index (χ3n) is 4.74. The van der Waals surface area contributed by atoms with Crippen LogP contribution in [0.3, 0.4) is 0 Å². The summed E-state index contributed by atoms with van der Waals surface area (Å²) in [6.07, 6.45) is 2.88. The van der Waals surface area contributed by atoms with Gasteiger partial charge in [-0.3, -0.25) is 9.36 Å². The van der Waals surface area contributed by atoms with Crippen LogP contribution in [0.4, 0.5) is 14.6 Å². The number of hydrogen-bond donors (Lipinski definition) is 0. The maximum absolute atomic E-state index is 14.7. The van der Waals surface area contributed by atoms with Crippen molar-refractivity contribution in [3.8, 4) is 11.1 Å². The van der Waals surface area contributed by atoms with Crippen LogP contribution in [0.2, 0.25) is 0 Å². The molecule has 2 heterocycles. The molecule has 0 radical (unpaired) electrons. The van der Waals surface area contributed by atoms with Gasteiger partial charge in [-0.2, -0.15) is 0 Å². The zero-order valence-electron chi connectivity index (χ0n) is 15.9. The Balaban J connectivity index is 1.69. The highest BCUT2D eigenvalue weighted by Crippen LogP contribution is 2.25. The molecule has 2 aromatic carbocycles. The van der Waals surface area contributed by atoms with Crippen molar-refractivity contribution in [1.29, 1.82) is 0 Å². The van der Waals surface area contributed by atoms with Crippen LogP contribution in [0.25, 0.3) is 22.0 Å². The molecule has 0 aliphatic heterocycles. The summed E-state index contributed by atoms with van der Waals surface area (Å²) in [6, 6.07) is 12.9. The lowest BCUT2D eigenvalue weighted by Crippen LogP contribution is -2.22. The minimum atomic E-state index is -0.725. The SMILES string of the molecule is CN(C)c1ccc(-c2cc(F)c(Cn3cnc4ccccc4c3=O)c(F)c2)cn1. The topological polar surface area (TPSA) is 51.0 Å². The highest BCUT2D eigenvalue weighted by molar-refractivity contribution is 5.76. The van der Waals surface area contributed by atoms with Gasteiger partial charge in [0, 0.05) is 31.4 Å². The monoisotopic (exact) mass is 392 g/mol. The molecule has 0 fully saturated rings. The Morgan fingerprint density at radius 2 is 1.69 bits per heavy atom. The van der Waals surface area contributed by atoms with Crippen molar-refractivity contribution in [2.75, 3.05) is 19.0 Å². The predicted octanol–water partition coefficient (Wildman–Crippen LogP) is 3.85. The van der Waals surface area contributed by atoms with E-state index in [2.05, 4.69) is 9.97 Å². The van der Waals surface area contributed by atoms with Crippen LogP contribution in [-0.2, 0) is 6.54 Å². The average molecular weight is 392 g/mol. The normalized spacial score (nSPS) is 11.0. The molecule has 146 valence electrons. The molecule has 4 rings (SSSR count). The number of rotatable bonds is 4. The number of benzene rings is 2. The van der Waals surface area contributed by atoms with Gasteiger partial charge in [0.15, 0.2) is 0 Å². The molecule has 0 amide bonds. The van der Waals surface area contributed by atoms with E-state index < -0.39 is 11.6 Å². The quantitative estimate of drug-likeness (QED) is 0.529. The fourth-order valence-electron chi connectivity index (χ4n) is 3.13. The molecule has 5 nitrogen and oxygen atoms in total. The zero-order valence-corrected chi connectivity index (χ0v) is 15.9. The summed E-state index contributed by atoms with van der Waals surface area (Å²) in [5.41, 5.74) is 0.987. The maximum Gasteiger partial charge on any atom is 0.261 e. The van der Waals surface area contributed by atoms with Crippen molar-refractivity contribution in [2.45, 2.75) is 6.54 Å². The lowest BCUT2D eigenvalue weighted by molar-refractivity contribution is 0.541. The second-order valence-electron chi connectivity index (χ2n) is 6.91. The molecule has 0 N–H and O–H groups in total. The van der Waals surface area contributed by atoms with Crippen LogP contribution in [0.1, 0.15) is 5.56 Å². The van der Waals surface area contributed by atoms with Crippen LogP contribution in [0, 0.1) is 11.6 Å². The van der Waals surface area contributed by atoms with E-state index in [4.69, 9.17) is 0 Å². The molecular formula is C22H18F2N4O. The molecule has 0 saturated heterocycles.